The van der Waals surface area contributed by atoms with Crippen molar-refractivity contribution < 1.29 is 29.4 Å². The maximum absolute atomic E-state index is 12.5. The molecule has 1 amide bonds. The number of thiocarbonyl (C=S) groups is 1. The summed E-state index contributed by atoms with van der Waals surface area (Å²) in [4.78, 5) is 46.5. The average Bonchev–Trinajstić information content (AvgIpc) is 2.83. The first-order valence-corrected chi connectivity index (χ1v) is 8.33. The zero-order chi connectivity index (χ0) is 18.6. The van der Waals surface area contributed by atoms with Crippen LogP contribution in [-0.2, 0) is 14.4 Å². The van der Waals surface area contributed by atoms with Crippen molar-refractivity contribution in [2.75, 3.05) is 0 Å². The van der Waals surface area contributed by atoms with Crippen molar-refractivity contribution in [3.05, 3.63) is 40.3 Å². The average molecular weight is 379 g/mol. The molecule has 0 radical (unpaired) electrons. The van der Waals surface area contributed by atoms with Crippen LogP contribution >= 0.6 is 24.0 Å². The highest BCUT2D eigenvalue weighted by molar-refractivity contribution is 8.26. The van der Waals surface area contributed by atoms with E-state index in [9.17, 15) is 24.3 Å². The standard InChI is InChI=1S/C16H13NO6S2/c18-8-10-3-1-9(2-4-10)7-12-14(21)17(16(24)25-12)11(15(22)23)5-6-13(19)20/h1-4,7-8,11H,5-6H2,(H,19,20)(H,22,23)/b12-7-/t11-/m1/s1. The summed E-state index contributed by atoms with van der Waals surface area (Å²) in [6.45, 7) is 0. The van der Waals surface area contributed by atoms with Crippen molar-refractivity contribution in [3.8, 4) is 0 Å². The van der Waals surface area contributed by atoms with Crippen LogP contribution in [0.3, 0.4) is 0 Å². The van der Waals surface area contributed by atoms with Crippen LogP contribution in [0.1, 0.15) is 28.8 Å². The van der Waals surface area contributed by atoms with Gasteiger partial charge in [0, 0.05) is 12.0 Å². The predicted octanol–water partition coefficient (Wildman–Crippen LogP) is 2.02. The number of carboxylic acid groups (broad SMARTS) is 2. The van der Waals surface area contributed by atoms with E-state index < -0.39 is 23.9 Å². The second kappa shape index (κ2) is 8.04. The number of carboxylic acids is 2. The van der Waals surface area contributed by atoms with Crippen LogP contribution in [-0.4, -0.2) is 49.6 Å². The van der Waals surface area contributed by atoms with Crippen molar-refractivity contribution in [2.24, 2.45) is 0 Å². The summed E-state index contributed by atoms with van der Waals surface area (Å²) < 4.78 is 0.0681. The first-order valence-electron chi connectivity index (χ1n) is 7.10. The van der Waals surface area contributed by atoms with E-state index in [4.69, 9.17) is 17.3 Å². The SMILES string of the molecule is O=Cc1ccc(/C=C2\SC(=S)N([C@H](CCC(=O)O)C(=O)O)C2=O)cc1. The van der Waals surface area contributed by atoms with E-state index in [0.29, 0.717) is 17.4 Å². The van der Waals surface area contributed by atoms with E-state index in [2.05, 4.69) is 0 Å². The molecule has 1 heterocycles. The van der Waals surface area contributed by atoms with Gasteiger partial charge in [-0.1, -0.05) is 48.2 Å². The van der Waals surface area contributed by atoms with Crippen LogP contribution in [0.15, 0.2) is 29.2 Å². The molecule has 1 aromatic carbocycles. The van der Waals surface area contributed by atoms with E-state index in [1.54, 1.807) is 30.3 Å². The van der Waals surface area contributed by atoms with Gasteiger partial charge in [0.2, 0.25) is 0 Å². The Labute approximate surface area is 152 Å². The summed E-state index contributed by atoms with van der Waals surface area (Å²) in [5.41, 5.74) is 1.15. The van der Waals surface area contributed by atoms with Gasteiger partial charge in [0.15, 0.2) is 0 Å². The first kappa shape index (κ1) is 18.8. The summed E-state index contributed by atoms with van der Waals surface area (Å²) in [6.07, 6.45) is 1.62. The Hall–Kier alpha value is -2.52. The molecule has 0 spiro atoms. The zero-order valence-corrected chi connectivity index (χ0v) is 14.4. The number of aliphatic carboxylic acids is 2. The third kappa shape index (κ3) is 4.52. The summed E-state index contributed by atoms with van der Waals surface area (Å²) in [5.74, 6) is -3.04. The molecule has 1 aliphatic heterocycles. The minimum absolute atomic E-state index is 0.0681. The highest BCUT2D eigenvalue weighted by Gasteiger charge is 2.40. The molecule has 7 nitrogen and oxygen atoms in total. The molecular weight excluding hydrogens is 366 g/mol. The third-order valence-corrected chi connectivity index (χ3v) is 4.75. The summed E-state index contributed by atoms with van der Waals surface area (Å²) in [5, 5.41) is 18.0. The van der Waals surface area contributed by atoms with Gasteiger partial charge in [0.25, 0.3) is 5.91 Å². The largest absolute Gasteiger partial charge is 0.481 e. The van der Waals surface area contributed by atoms with Gasteiger partial charge < -0.3 is 10.2 Å². The Balaban J connectivity index is 2.24. The molecule has 1 saturated heterocycles. The van der Waals surface area contributed by atoms with Crippen LogP contribution < -0.4 is 0 Å². The van der Waals surface area contributed by atoms with Crippen LogP contribution in [0.4, 0.5) is 0 Å². The number of amides is 1. The number of hydrogen-bond acceptors (Lipinski definition) is 6. The van der Waals surface area contributed by atoms with Gasteiger partial charge in [0.05, 0.1) is 4.91 Å². The van der Waals surface area contributed by atoms with Gasteiger partial charge in [-0.3, -0.25) is 19.3 Å². The molecule has 0 aliphatic carbocycles. The Bertz CT molecular complexity index is 771. The number of carbonyl (C=O) groups excluding carboxylic acids is 2. The molecule has 130 valence electrons. The highest BCUT2D eigenvalue weighted by atomic mass is 32.2. The van der Waals surface area contributed by atoms with Gasteiger partial charge in [-0.05, 0) is 18.1 Å². The molecule has 0 bridgehead atoms. The quantitative estimate of drug-likeness (QED) is 0.420. The number of hydrogen-bond donors (Lipinski definition) is 2. The molecule has 25 heavy (non-hydrogen) atoms. The molecule has 1 aromatic rings. The second-order valence-corrected chi connectivity index (χ2v) is 6.80. The fourth-order valence-electron chi connectivity index (χ4n) is 2.19. The summed E-state index contributed by atoms with van der Waals surface area (Å²) in [6, 6.07) is 5.15. The van der Waals surface area contributed by atoms with Gasteiger partial charge >= 0.3 is 11.9 Å². The molecule has 0 saturated carbocycles. The van der Waals surface area contributed by atoms with Crippen LogP contribution in [0.5, 0.6) is 0 Å². The number of nitrogens with zero attached hydrogens (tertiary/aromatic N) is 1. The highest BCUT2D eigenvalue weighted by Crippen LogP contribution is 2.34. The van der Waals surface area contributed by atoms with E-state index in [0.717, 1.165) is 16.7 Å². The van der Waals surface area contributed by atoms with Crippen molar-refractivity contribution in [1.29, 1.82) is 0 Å². The number of aldehydes is 1. The third-order valence-electron chi connectivity index (χ3n) is 3.42. The second-order valence-electron chi connectivity index (χ2n) is 5.12. The topological polar surface area (TPSA) is 112 Å². The molecule has 1 fully saturated rings. The summed E-state index contributed by atoms with van der Waals surface area (Å²) >= 11 is 6.05. The maximum atomic E-state index is 12.5. The molecule has 2 rings (SSSR count). The van der Waals surface area contributed by atoms with Gasteiger partial charge in [0.1, 0.15) is 16.6 Å². The van der Waals surface area contributed by atoms with Gasteiger partial charge in [-0.2, -0.15) is 0 Å². The zero-order valence-electron chi connectivity index (χ0n) is 12.7. The van der Waals surface area contributed by atoms with E-state index in [1.165, 1.54) is 0 Å². The fraction of sp³-hybridized carbons (Fsp3) is 0.188. The minimum Gasteiger partial charge on any atom is -0.481 e. The normalized spacial score (nSPS) is 17.0. The number of benzene rings is 1. The minimum atomic E-state index is -1.33. The van der Waals surface area contributed by atoms with Crippen molar-refractivity contribution >= 4 is 58.5 Å². The maximum Gasteiger partial charge on any atom is 0.326 e. The lowest BCUT2D eigenvalue weighted by atomic mass is 10.1. The monoisotopic (exact) mass is 379 g/mol. The van der Waals surface area contributed by atoms with E-state index >= 15 is 0 Å². The number of thioether (sulfide) groups is 1. The molecular formula is C16H13NO6S2. The molecule has 2 N–H and O–H groups in total. The number of rotatable bonds is 7. The fourth-order valence-corrected chi connectivity index (χ4v) is 3.55. The molecule has 1 aliphatic rings. The van der Waals surface area contributed by atoms with Crippen LogP contribution in [0.2, 0.25) is 0 Å². The van der Waals surface area contributed by atoms with E-state index in [1.807, 2.05) is 0 Å². The predicted molar refractivity (Wildman–Crippen MR) is 95.1 cm³/mol. The molecule has 1 atom stereocenters. The van der Waals surface area contributed by atoms with E-state index in [-0.39, 0.29) is 22.1 Å². The van der Waals surface area contributed by atoms with Gasteiger partial charge in [-0.15, -0.1) is 0 Å². The lowest BCUT2D eigenvalue weighted by Crippen LogP contribution is -2.44. The Morgan fingerprint density at radius 1 is 1.20 bits per heavy atom. The van der Waals surface area contributed by atoms with Gasteiger partial charge in [-0.25, -0.2) is 4.79 Å². The number of carbonyl (C=O) groups is 4. The molecule has 0 unspecified atom stereocenters. The lowest BCUT2D eigenvalue weighted by Gasteiger charge is -2.22. The molecule has 0 aromatic heterocycles. The van der Waals surface area contributed by atoms with Crippen molar-refractivity contribution in [2.45, 2.75) is 18.9 Å². The smallest absolute Gasteiger partial charge is 0.326 e. The van der Waals surface area contributed by atoms with Crippen molar-refractivity contribution in [3.63, 3.8) is 0 Å². The lowest BCUT2D eigenvalue weighted by molar-refractivity contribution is -0.146. The van der Waals surface area contributed by atoms with Crippen LogP contribution in [0.25, 0.3) is 6.08 Å². The van der Waals surface area contributed by atoms with Crippen molar-refractivity contribution in [1.82, 2.24) is 4.90 Å². The van der Waals surface area contributed by atoms with Crippen LogP contribution in [0, 0.1) is 0 Å². The molecule has 9 heteroatoms. The Kier molecular flexibility index (Phi) is 6.05. The first-order chi connectivity index (χ1) is 11.8. The summed E-state index contributed by atoms with van der Waals surface area (Å²) in [7, 11) is 0. The Morgan fingerprint density at radius 2 is 1.80 bits per heavy atom. The Morgan fingerprint density at radius 3 is 2.32 bits per heavy atom.